The topological polar surface area (TPSA) is 48.8 Å². The van der Waals surface area contributed by atoms with Gasteiger partial charge in [0, 0.05) is 24.6 Å². The molecule has 0 saturated heterocycles. The van der Waals surface area contributed by atoms with E-state index in [1.54, 1.807) is 0 Å². The van der Waals surface area contributed by atoms with Crippen molar-refractivity contribution in [2.75, 3.05) is 37.7 Å². The number of nitrogens with one attached hydrogen (secondary N) is 2. The lowest BCUT2D eigenvalue weighted by Gasteiger charge is -2.03. The van der Waals surface area contributed by atoms with Crippen LogP contribution in [0, 0.1) is 0 Å². The second-order valence-corrected chi connectivity index (χ2v) is 6.51. The minimum atomic E-state index is 0. The maximum atomic E-state index is 4.37. The number of hydrogen-bond donors (Lipinski definition) is 2. The van der Waals surface area contributed by atoms with Crippen molar-refractivity contribution in [3.05, 3.63) is 0 Å². The first-order chi connectivity index (χ1) is 8.95. The van der Waals surface area contributed by atoms with Crippen molar-refractivity contribution in [3.63, 3.8) is 0 Å². The molecule has 2 N–H and O–H groups in total. The first-order valence-electron chi connectivity index (χ1n) is 6.77. The molecule has 0 aliphatic carbocycles. The Bertz CT molecular complexity index is 280. The van der Waals surface area contributed by atoms with E-state index in [1.807, 2.05) is 23.5 Å². The third kappa shape index (κ3) is 7.46. The predicted molar refractivity (Wildman–Crippen MR) is 94.3 cm³/mol. The van der Waals surface area contributed by atoms with E-state index in [0.29, 0.717) is 0 Å². The van der Waals surface area contributed by atoms with Crippen LogP contribution in [0.1, 0.15) is 25.7 Å². The monoisotopic (exact) mass is 366 g/mol. The van der Waals surface area contributed by atoms with Crippen LogP contribution in [0.4, 0.5) is 0 Å². The minimum Gasteiger partial charge on any atom is -0.363 e. The van der Waals surface area contributed by atoms with Crippen LogP contribution in [0.2, 0.25) is 0 Å². The molecule has 0 fully saturated rings. The van der Waals surface area contributed by atoms with Gasteiger partial charge < -0.3 is 10.6 Å². The van der Waals surface area contributed by atoms with E-state index >= 15 is 0 Å². The molecule has 0 unspecified atom stereocenters. The van der Waals surface area contributed by atoms with Gasteiger partial charge in [0.15, 0.2) is 10.3 Å². The quantitative estimate of drug-likeness (QED) is 0.679. The van der Waals surface area contributed by atoms with Gasteiger partial charge in [0.25, 0.3) is 0 Å². The fraction of sp³-hybridized carbons (Fsp3) is 0.833. The summed E-state index contributed by atoms with van der Waals surface area (Å²) in [5.74, 6) is 2.40. The summed E-state index contributed by atoms with van der Waals surface area (Å²) in [5.41, 5.74) is 0. The largest absolute Gasteiger partial charge is 0.363 e. The van der Waals surface area contributed by atoms with Gasteiger partial charge in [-0.05, 0) is 12.8 Å². The molecule has 110 valence electrons. The molecule has 2 aliphatic heterocycles. The van der Waals surface area contributed by atoms with Crippen LogP contribution in [0.25, 0.3) is 0 Å². The Morgan fingerprint density at radius 2 is 1.26 bits per heavy atom. The fourth-order valence-corrected chi connectivity index (χ4v) is 3.70. The lowest BCUT2D eigenvalue weighted by Crippen LogP contribution is -2.15. The van der Waals surface area contributed by atoms with Crippen molar-refractivity contribution in [2.45, 2.75) is 25.7 Å². The molecule has 19 heavy (non-hydrogen) atoms. The molecule has 0 aromatic carbocycles. The number of nitrogens with zero attached hydrogens (tertiary/aromatic N) is 2. The van der Waals surface area contributed by atoms with Gasteiger partial charge in [-0.3, -0.25) is 9.98 Å². The number of rotatable bonds is 7. The SMILES string of the molecule is Br.C(CCCSC1=NCCN1)CCSC1=NCCN1. The van der Waals surface area contributed by atoms with Crippen LogP contribution in [-0.4, -0.2) is 48.0 Å². The average Bonchev–Trinajstić information content (AvgIpc) is 3.05. The number of halogens is 1. The van der Waals surface area contributed by atoms with Crippen LogP contribution in [0.3, 0.4) is 0 Å². The van der Waals surface area contributed by atoms with E-state index in [1.165, 1.54) is 37.2 Å². The van der Waals surface area contributed by atoms with Gasteiger partial charge in [-0.25, -0.2) is 0 Å². The molecule has 0 aromatic heterocycles. The highest BCUT2D eigenvalue weighted by atomic mass is 79.9. The number of thioether (sulfide) groups is 2. The second-order valence-electron chi connectivity index (χ2n) is 4.34. The van der Waals surface area contributed by atoms with Gasteiger partial charge in [-0.15, -0.1) is 17.0 Å². The van der Waals surface area contributed by atoms with Crippen LogP contribution in [0.5, 0.6) is 0 Å². The zero-order valence-electron chi connectivity index (χ0n) is 11.2. The molecule has 0 atom stereocenters. The van der Waals surface area contributed by atoms with Crippen molar-refractivity contribution in [1.82, 2.24) is 10.6 Å². The maximum absolute atomic E-state index is 4.37. The molecule has 0 aromatic rings. The Balaban J connectivity index is 0.00000180. The first kappa shape index (κ1) is 17.2. The second kappa shape index (κ2) is 10.9. The smallest absolute Gasteiger partial charge is 0.156 e. The Hall–Kier alpha value is 0.120. The molecule has 2 rings (SSSR count). The van der Waals surface area contributed by atoms with Crippen molar-refractivity contribution < 1.29 is 0 Å². The molecule has 2 aliphatic rings. The molecule has 0 amide bonds. The van der Waals surface area contributed by atoms with E-state index in [2.05, 4.69) is 20.6 Å². The van der Waals surface area contributed by atoms with Crippen LogP contribution in [-0.2, 0) is 0 Å². The Kier molecular flexibility index (Phi) is 9.81. The first-order valence-corrected chi connectivity index (χ1v) is 8.74. The lowest BCUT2D eigenvalue weighted by atomic mass is 10.2. The van der Waals surface area contributed by atoms with Gasteiger partial charge in [0.2, 0.25) is 0 Å². The summed E-state index contributed by atoms with van der Waals surface area (Å²) in [5, 5.41) is 8.87. The third-order valence-corrected chi connectivity index (χ3v) is 4.88. The van der Waals surface area contributed by atoms with E-state index in [9.17, 15) is 0 Å². The highest BCUT2D eigenvalue weighted by molar-refractivity contribution is 8.93. The third-order valence-electron chi connectivity index (χ3n) is 2.80. The summed E-state index contributed by atoms with van der Waals surface area (Å²) in [6, 6.07) is 0. The molecular weight excluding hydrogens is 344 g/mol. The van der Waals surface area contributed by atoms with Gasteiger partial charge in [0.05, 0.1) is 13.1 Å². The summed E-state index contributed by atoms with van der Waals surface area (Å²) in [4.78, 5) is 8.74. The molecule has 0 spiro atoms. The zero-order chi connectivity index (χ0) is 12.5. The Morgan fingerprint density at radius 1 is 0.789 bits per heavy atom. The zero-order valence-corrected chi connectivity index (χ0v) is 14.5. The molecule has 0 radical (unpaired) electrons. The van der Waals surface area contributed by atoms with E-state index in [4.69, 9.17) is 0 Å². The normalized spacial score (nSPS) is 17.3. The summed E-state index contributed by atoms with van der Waals surface area (Å²) >= 11 is 3.75. The Labute approximate surface area is 134 Å². The number of aliphatic imine (C=N–C) groups is 2. The maximum Gasteiger partial charge on any atom is 0.156 e. The van der Waals surface area contributed by atoms with Gasteiger partial charge in [-0.1, -0.05) is 36.4 Å². The highest BCUT2D eigenvalue weighted by Crippen LogP contribution is 2.13. The summed E-state index contributed by atoms with van der Waals surface area (Å²) < 4.78 is 0. The molecule has 0 bridgehead atoms. The van der Waals surface area contributed by atoms with Crippen LogP contribution in [0.15, 0.2) is 9.98 Å². The van der Waals surface area contributed by atoms with Crippen molar-refractivity contribution in [2.24, 2.45) is 9.98 Å². The molecule has 7 heteroatoms. The summed E-state index contributed by atoms with van der Waals surface area (Å²) in [6.07, 6.45) is 5.27. The van der Waals surface area contributed by atoms with Gasteiger partial charge in [0.1, 0.15) is 0 Å². The average molecular weight is 367 g/mol. The molecule has 4 nitrogen and oxygen atoms in total. The number of unbranched alkanes of at least 4 members (excludes halogenated alkanes) is 3. The van der Waals surface area contributed by atoms with Crippen molar-refractivity contribution in [1.29, 1.82) is 0 Å². The number of amidine groups is 2. The molecule has 0 saturated carbocycles. The van der Waals surface area contributed by atoms with Crippen LogP contribution < -0.4 is 10.6 Å². The van der Waals surface area contributed by atoms with Crippen LogP contribution >= 0.6 is 40.5 Å². The van der Waals surface area contributed by atoms with Crippen molar-refractivity contribution >= 4 is 50.8 Å². The molecular formula is C12H23BrN4S2. The lowest BCUT2D eigenvalue weighted by molar-refractivity contribution is 0.712. The standard InChI is InChI=1S/C12H22N4S2.BrH/c1(3-9-17-11-13-5-6-14-11)2-4-10-18-12-15-7-8-16-12;/h1-10H2,(H,13,14)(H,15,16);1H. The Morgan fingerprint density at radius 3 is 1.63 bits per heavy atom. The predicted octanol–water partition coefficient (Wildman–Crippen LogP) is 2.51. The minimum absolute atomic E-state index is 0. The summed E-state index contributed by atoms with van der Waals surface area (Å²) in [7, 11) is 0. The van der Waals surface area contributed by atoms with Gasteiger partial charge in [-0.2, -0.15) is 0 Å². The fourth-order valence-electron chi connectivity index (χ4n) is 1.84. The summed E-state index contributed by atoms with van der Waals surface area (Å²) in [6.45, 7) is 3.96. The van der Waals surface area contributed by atoms with Gasteiger partial charge >= 0.3 is 0 Å². The van der Waals surface area contributed by atoms with E-state index in [0.717, 1.165) is 36.5 Å². The van der Waals surface area contributed by atoms with E-state index < -0.39 is 0 Å². The number of hydrogen-bond acceptors (Lipinski definition) is 6. The highest BCUT2D eigenvalue weighted by Gasteiger charge is 2.05. The van der Waals surface area contributed by atoms with E-state index in [-0.39, 0.29) is 17.0 Å². The van der Waals surface area contributed by atoms with Crippen molar-refractivity contribution in [3.8, 4) is 0 Å². The molecule has 2 heterocycles.